The highest BCUT2D eigenvalue weighted by molar-refractivity contribution is 4.87. The highest BCUT2D eigenvalue weighted by Gasteiger charge is 2.30. The number of piperidine rings is 1. The van der Waals surface area contributed by atoms with Crippen molar-refractivity contribution < 1.29 is 5.11 Å². The molecule has 1 heterocycles. The minimum absolute atomic E-state index is 0.0261. The molecule has 1 aliphatic heterocycles. The van der Waals surface area contributed by atoms with Gasteiger partial charge in [-0.25, -0.2) is 0 Å². The van der Waals surface area contributed by atoms with Crippen LogP contribution in [0.4, 0.5) is 0 Å². The van der Waals surface area contributed by atoms with Gasteiger partial charge in [0.05, 0.1) is 6.10 Å². The van der Waals surface area contributed by atoms with Crippen LogP contribution in [0.2, 0.25) is 0 Å². The fourth-order valence-electron chi connectivity index (χ4n) is 2.46. The van der Waals surface area contributed by atoms with Crippen LogP contribution in [-0.2, 0) is 0 Å². The van der Waals surface area contributed by atoms with Crippen LogP contribution in [0.15, 0.2) is 0 Å². The summed E-state index contributed by atoms with van der Waals surface area (Å²) in [7, 11) is 0. The molecule has 2 fully saturated rings. The van der Waals surface area contributed by atoms with Crippen molar-refractivity contribution in [1.82, 2.24) is 5.32 Å². The van der Waals surface area contributed by atoms with Crippen molar-refractivity contribution in [2.24, 2.45) is 5.92 Å². The van der Waals surface area contributed by atoms with E-state index in [1.807, 2.05) is 0 Å². The van der Waals surface area contributed by atoms with Crippen molar-refractivity contribution in [3.05, 3.63) is 0 Å². The van der Waals surface area contributed by atoms with Gasteiger partial charge in [-0.15, -0.1) is 0 Å². The zero-order chi connectivity index (χ0) is 7.68. The highest BCUT2D eigenvalue weighted by Crippen LogP contribution is 2.30. The van der Waals surface area contributed by atoms with Crippen LogP contribution in [0.5, 0.6) is 0 Å². The third-order valence-electron chi connectivity index (χ3n) is 3.12. The zero-order valence-corrected chi connectivity index (χ0v) is 6.92. The summed E-state index contributed by atoms with van der Waals surface area (Å²) >= 11 is 0. The zero-order valence-electron chi connectivity index (χ0n) is 6.92. The van der Waals surface area contributed by atoms with Gasteiger partial charge in [0.2, 0.25) is 0 Å². The Morgan fingerprint density at radius 2 is 2.09 bits per heavy atom. The first-order valence-electron chi connectivity index (χ1n) is 4.78. The Bertz CT molecular complexity index is 138. The average Bonchev–Trinajstić information content (AvgIpc) is 2.04. The Morgan fingerprint density at radius 1 is 1.18 bits per heavy atom. The van der Waals surface area contributed by atoms with Crippen LogP contribution in [0, 0.1) is 5.92 Å². The second-order valence-corrected chi connectivity index (χ2v) is 3.93. The fraction of sp³-hybridized carbons (Fsp3) is 1.00. The molecule has 0 aromatic heterocycles. The molecule has 2 rings (SSSR count). The molecule has 1 saturated carbocycles. The van der Waals surface area contributed by atoms with Gasteiger partial charge in [-0.2, -0.15) is 0 Å². The van der Waals surface area contributed by atoms with Crippen molar-refractivity contribution in [3.63, 3.8) is 0 Å². The summed E-state index contributed by atoms with van der Waals surface area (Å²) in [5.74, 6) is 0.868. The summed E-state index contributed by atoms with van der Waals surface area (Å²) < 4.78 is 0. The van der Waals surface area contributed by atoms with E-state index < -0.39 is 0 Å². The minimum Gasteiger partial charge on any atom is -0.393 e. The first kappa shape index (κ1) is 7.56. The molecule has 0 spiro atoms. The number of aliphatic hydroxyl groups is 1. The normalized spacial score (nSPS) is 45.0. The molecule has 0 aromatic carbocycles. The van der Waals surface area contributed by atoms with E-state index in [1.165, 1.54) is 19.3 Å². The molecule has 64 valence electrons. The lowest BCUT2D eigenvalue weighted by atomic mass is 9.78. The maximum atomic E-state index is 9.41. The molecular weight excluding hydrogens is 138 g/mol. The quantitative estimate of drug-likeness (QED) is 0.544. The van der Waals surface area contributed by atoms with Crippen molar-refractivity contribution in [2.45, 2.75) is 44.2 Å². The van der Waals surface area contributed by atoms with Crippen LogP contribution in [0.25, 0.3) is 0 Å². The van der Waals surface area contributed by atoms with Crippen molar-refractivity contribution in [1.29, 1.82) is 0 Å². The van der Waals surface area contributed by atoms with Crippen LogP contribution < -0.4 is 5.32 Å². The predicted octanol–water partition coefficient (Wildman–Crippen LogP) is 0.899. The maximum Gasteiger partial charge on any atom is 0.0555 e. The van der Waals surface area contributed by atoms with Gasteiger partial charge in [-0.05, 0) is 44.6 Å². The Morgan fingerprint density at radius 3 is 3.00 bits per heavy atom. The van der Waals surface area contributed by atoms with Gasteiger partial charge in [0.1, 0.15) is 0 Å². The molecule has 0 aromatic rings. The third kappa shape index (κ3) is 1.57. The van der Waals surface area contributed by atoms with E-state index in [2.05, 4.69) is 5.32 Å². The molecule has 11 heavy (non-hydrogen) atoms. The van der Waals surface area contributed by atoms with Gasteiger partial charge in [-0.3, -0.25) is 0 Å². The summed E-state index contributed by atoms with van der Waals surface area (Å²) in [4.78, 5) is 0. The summed E-state index contributed by atoms with van der Waals surface area (Å²) in [5.41, 5.74) is 0. The number of aliphatic hydroxyl groups excluding tert-OH is 1. The largest absolute Gasteiger partial charge is 0.393 e. The molecule has 1 saturated heterocycles. The number of hydrogen-bond donors (Lipinski definition) is 2. The van der Waals surface area contributed by atoms with Gasteiger partial charge >= 0.3 is 0 Å². The Labute approximate surface area is 68.0 Å². The lowest BCUT2D eigenvalue weighted by molar-refractivity contribution is 0.0711. The van der Waals surface area contributed by atoms with E-state index >= 15 is 0 Å². The number of fused-ring (bicyclic) bond motifs is 1. The third-order valence-corrected chi connectivity index (χ3v) is 3.12. The van der Waals surface area contributed by atoms with Gasteiger partial charge < -0.3 is 10.4 Å². The van der Waals surface area contributed by atoms with E-state index in [0.717, 1.165) is 25.3 Å². The molecule has 0 radical (unpaired) electrons. The lowest BCUT2D eigenvalue weighted by Gasteiger charge is -2.38. The number of nitrogens with one attached hydrogen (secondary N) is 1. The van der Waals surface area contributed by atoms with Crippen LogP contribution >= 0.6 is 0 Å². The maximum absolute atomic E-state index is 9.41. The van der Waals surface area contributed by atoms with Crippen molar-refractivity contribution in [3.8, 4) is 0 Å². The summed E-state index contributed by atoms with van der Waals surface area (Å²) in [6.45, 7) is 1.16. The van der Waals surface area contributed by atoms with E-state index in [9.17, 15) is 5.11 Å². The Balaban J connectivity index is 1.93. The second-order valence-electron chi connectivity index (χ2n) is 3.93. The molecule has 2 aliphatic rings. The van der Waals surface area contributed by atoms with Gasteiger partial charge in [-0.1, -0.05) is 0 Å². The number of hydrogen-bond acceptors (Lipinski definition) is 2. The summed E-state index contributed by atoms with van der Waals surface area (Å²) in [6.07, 6.45) is 5.94. The first-order valence-corrected chi connectivity index (χ1v) is 4.78. The molecule has 3 atom stereocenters. The van der Waals surface area contributed by atoms with Crippen molar-refractivity contribution in [2.75, 3.05) is 6.54 Å². The van der Waals surface area contributed by atoms with Gasteiger partial charge in [0.25, 0.3) is 0 Å². The smallest absolute Gasteiger partial charge is 0.0555 e. The molecule has 0 bridgehead atoms. The molecular formula is C9H17NO. The van der Waals surface area contributed by atoms with Crippen LogP contribution in [-0.4, -0.2) is 23.8 Å². The number of rotatable bonds is 0. The van der Waals surface area contributed by atoms with Gasteiger partial charge in [0.15, 0.2) is 0 Å². The standard InChI is InChI=1S/C9H17NO/c11-8-4-3-7-2-1-5-10-9(7)6-8/h7-11H,1-6H2/t7-,8-,9+/m0/s1. The van der Waals surface area contributed by atoms with E-state index in [1.54, 1.807) is 0 Å². The van der Waals surface area contributed by atoms with E-state index in [4.69, 9.17) is 0 Å². The van der Waals surface area contributed by atoms with Crippen LogP contribution in [0.3, 0.4) is 0 Å². The van der Waals surface area contributed by atoms with Gasteiger partial charge in [0, 0.05) is 6.04 Å². The molecule has 0 unspecified atom stereocenters. The van der Waals surface area contributed by atoms with E-state index in [-0.39, 0.29) is 6.10 Å². The molecule has 0 amide bonds. The molecule has 2 N–H and O–H groups in total. The monoisotopic (exact) mass is 155 g/mol. The SMILES string of the molecule is O[C@H]1CC[C@@H]2CCCN[C@@H]2C1. The molecule has 2 heteroatoms. The first-order chi connectivity index (χ1) is 5.36. The summed E-state index contributed by atoms with van der Waals surface area (Å²) in [6, 6.07) is 0.632. The summed E-state index contributed by atoms with van der Waals surface area (Å²) in [5, 5.41) is 12.9. The fourth-order valence-corrected chi connectivity index (χ4v) is 2.46. The van der Waals surface area contributed by atoms with E-state index in [0.29, 0.717) is 6.04 Å². The molecule has 2 nitrogen and oxygen atoms in total. The predicted molar refractivity (Wildman–Crippen MR) is 44.4 cm³/mol. The lowest BCUT2D eigenvalue weighted by Crippen LogP contribution is -2.46. The molecule has 1 aliphatic carbocycles. The van der Waals surface area contributed by atoms with Crippen molar-refractivity contribution >= 4 is 0 Å². The Hall–Kier alpha value is -0.0800. The highest BCUT2D eigenvalue weighted by atomic mass is 16.3. The topological polar surface area (TPSA) is 32.3 Å². The average molecular weight is 155 g/mol. The second kappa shape index (κ2) is 3.11. The Kier molecular flexibility index (Phi) is 2.14. The minimum atomic E-state index is -0.0261. The van der Waals surface area contributed by atoms with Crippen LogP contribution in [0.1, 0.15) is 32.1 Å².